The maximum atomic E-state index is 13.2. The molecule has 1 heterocycles. The second-order valence-corrected chi connectivity index (χ2v) is 9.22. The first-order valence-electron chi connectivity index (χ1n) is 11.4. The summed E-state index contributed by atoms with van der Waals surface area (Å²) in [5.74, 6) is -1.14. The number of carbonyl (C=O) groups excluding carboxylic acids is 1. The van der Waals surface area contributed by atoms with E-state index in [1.54, 1.807) is 30.0 Å². The van der Waals surface area contributed by atoms with Crippen LogP contribution in [0.25, 0.3) is 0 Å². The number of carboxylic acid groups (broad SMARTS) is 1. The van der Waals surface area contributed by atoms with Crippen LogP contribution in [0.15, 0.2) is 36.4 Å². The van der Waals surface area contributed by atoms with Crippen LogP contribution in [0.5, 0.6) is 5.75 Å². The van der Waals surface area contributed by atoms with Gasteiger partial charge in [0.1, 0.15) is 17.1 Å². The molecule has 1 saturated heterocycles. The maximum absolute atomic E-state index is 13.2. The van der Waals surface area contributed by atoms with E-state index >= 15 is 0 Å². The lowest BCUT2D eigenvalue weighted by molar-refractivity contribution is -0.139. The summed E-state index contributed by atoms with van der Waals surface area (Å²) >= 11 is 0. The predicted molar refractivity (Wildman–Crippen MR) is 125 cm³/mol. The van der Waals surface area contributed by atoms with Gasteiger partial charge in [0.15, 0.2) is 6.61 Å². The Labute approximate surface area is 195 Å². The van der Waals surface area contributed by atoms with Crippen molar-refractivity contribution in [3.05, 3.63) is 64.5 Å². The molecule has 0 aliphatic carbocycles. The number of benzene rings is 2. The van der Waals surface area contributed by atoms with Crippen LogP contribution < -0.4 is 4.74 Å². The molecule has 7 heteroatoms. The molecule has 33 heavy (non-hydrogen) atoms. The predicted octanol–water partition coefficient (Wildman–Crippen LogP) is 4.46. The lowest BCUT2D eigenvalue weighted by Gasteiger charge is -2.44. The van der Waals surface area contributed by atoms with Crippen molar-refractivity contribution in [3.63, 3.8) is 0 Å². The van der Waals surface area contributed by atoms with E-state index in [1.807, 2.05) is 26.8 Å². The fourth-order valence-electron chi connectivity index (χ4n) is 4.38. The lowest BCUT2D eigenvalue weighted by atomic mass is 9.96. The minimum Gasteiger partial charge on any atom is -0.483 e. The van der Waals surface area contributed by atoms with Crippen LogP contribution in [0.4, 0.5) is 4.39 Å². The summed E-state index contributed by atoms with van der Waals surface area (Å²) in [6, 6.07) is 10.2. The zero-order chi connectivity index (χ0) is 24.3. The highest BCUT2D eigenvalue weighted by Crippen LogP contribution is 2.33. The number of hydrogen-bond acceptors (Lipinski definition) is 4. The van der Waals surface area contributed by atoms with Crippen LogP contribution in [0.3, 0.4) is 0 Å². The van der Waals surface area contributed by atoms with Gasteiger partial charge >= 0.3 is 5.97 Å². The molecule has 6 nitrogen and oxygen atoms in total. The van der Waals surface area contributed by atoms with E-state index in [2.05, 4.69) is 11.8 Å². The van der Waals surface area contributed by atoms with Crippen molar-refractivity contribution in [2.24, 2.45) is 0 Å². The third-order valence-electron chi connectivity index (χ3n) is 6.31. The molecule has 1 fully saturated rings. The van der Waals surface area contributed by atoms with Gasteiger partial charge in [-0.3, -0.25) is 9.69 Å². The lowest BCUT2D eigenvalue weighted by Crippen LogP contribution is -2.58. The molecule has 0 radical (unpaired) electrons. The third-order valence-corrected chi connectivity index (χ3v) is 6.31. The first kappa shape index (κ1) is 24.7. The summed E-state index contributed by atoms with van der Waals surface area (Å²) in [6.07, 6.45) is 0. The van der Waals surface area contributed by atoms with Crippen molar-refractivity contribution in [2.75, 3.05) is 19.7 Å². The fourth-order valence-corrected chi connectivity index (χ4v) is 4.38. The molecule has 1 amide bonds. The standard InChI is InChI=1S/C26H33FN2O4/c1-16(2)22-11-6-17(3)24(26(31)32)25(22)33-15-23(30)29-13-18(4)28(12-19(29)5)14-20-7-9-21(27)10-8-20/h6-11,16,18-19H,12-15H2,1-5H3,(H,31,32)/t18-,19+/m0/s1. The Balaban J connectivity index is 1.69. The zero-order valence-electron chi connectivity index (χ0n) is 20.0. The molecule has 2 aromatic rings. The second kappa shape index (κ2) is 10.3. The molecule has 0 aromatic heterocycles. The van der Waals surface area contributed by atoms with Gasteiger partial charge in [0.2, 0.25) is 0 Å². The zero-order valence-corrected chi connectivity index (χ0v) is 20.0. The van der Waals surface area contributed by atoms with Crippen LogP contribution >= 0.6 is 0 Å². The number of hydrogen-bond donors (Lipinski definition) is 1. The molecule has 2 atom stereocenters. The van der Waals surface area contributed by atoms with Crippen LogP contribution in [0, 0.1) is 12.7 Å². The van der Waals surface area contributed by atoms with E-state index in [9.17, 15) is 19.1 Å². The number of carbonyl (C=O) groups is 2. The highest BCUT2D eigenvalue weighted by Gasteiger charge is 2.32. The van der Waals surface area contributed by atoms with Gasteiger partial charge in [-0.1, -0.05) is 38.1 Å². The number of aromatic carboxylic acids is 1. The van der Waals surface area contributed by atoms with E-state index in [-0.39, 0.29) is 47.6 Å². The van der Waals surface area contributed by atoms with E-state index in [0.717, 1.165) is 11.1 Å². The summed E-state index contributed by atoms with van der Waals surface area (Å²) in [5.41, 5.74) is 2.52. The second-order valence-electron chi connectivity index (χ2n) is 9.22. The van der Waals surface area contributed by atoms with E-state index in [0.29, 0.717) is 25.2 Å². The van der Waals surface area contributed by atoms with Gasteiger partial charge < -0.3 is 14.7 Å². The van der Waals surface area contributed by atoms with Crippen molar-refractivity contribution in [2.45, 2.75) is 59.2 Å². The van der Waals surface area contributed by atoms with E-state index in [4.69, 9.17) is 4.74 Å². The van der Waals surface area contributed by atoms with E-state index in [1.165, 1.54) is 12.1 Å². The third kappa shape index (κ3) is 5.71. The number of rotatable bonds is 7. The topological polar surface area (TPSA) is 70.1 Å². The van der Waals surface area contributed by atoms with Crippen molar-refractivity contribution in [1.82, 2.24) is 9.80 Å². The molecule has 1 aliphatic rings. The molecule has 3 rings (SSSR count). The summed E-state index contributed by atoms with van der Waals surface area (Å²) in [4.78, 5) is 29.0. The van der Waals surface area contributed by atoms with Crippen LogP contribution in [-0.4, -0.2) is 58.6 Å². The van der Waals surface area contributed by atoms with Crippen molar-refractivity contribution in [1.29, 1.82) is 0 Å². The van der Waals surface area contributed by atoms with Crippen LogP contribution in [0.2, 0.25) is 0 Å². The molecular formula is C26H33FN2O4. The molecular weight excluding hydrogens is 423 g/mol. The molecule has 1 N–H and O–H groups in total. The average molecular weight is 457 g/mol. The first-order chi connectivity index (χ1) is 15.6. The van der Waals surface area contributed by atoms with Gasteiger partial charge in [0, 0.05) is 31.7 Å². The molecule has 0 bridgehead atoms. The molecule has 0 spiro atoms. The molecule has 1 aliphatic heterocycles. The smallest absolute Gasteiger partial charge is 0.339 e. The highest BCUT2D eigenvalue weighted by atomic mass is 19.1. The van der Waals surface area contributed by atoms with Gasteiger partial charge in [-0.05, 0) is 55.5 Å². The van der Waals surface area contributed by atoms with Crippen LogP contribution in [-0.2, 0) is 11.3 Å². The minimum absolute atomic E-state index is 0.0289. The van der Waals surface area contributed by atoms with Crippen molar-refractivity contribution < 1.29 is 23.8 Å². The van der Waals surface area contributed by atoms with Gasteiger partial charge in [-0.25, -0.2) is 9.18 Å². The van der Waals surface area contributed by atoms with Crippen molar-refractivity contribution in [3.8, 4) is 5.75 Å². The fraction of sp³-hybridized carbons (Fsp3) is 0.462. The van der Waals surface area contributed by atoms with Crippen LogP contribution in [0.1, 0.15) is 60.7 Å². The average Bonchev–Trinajstić information content (AvgIpc) is 2.75. The Morgan fingerprint density at radius 2 is 1.76 bits per heavy atom. The highest BCUT2D eigenvalue weighted by molar-refractivity contribution is 5.93. The normalized spacial score (nSPS) is 19.1. The summed E-state index contributed by atoms with van der Waals surface area (Å²) < 4.78 is 19.1. The van der Waals surface area contributed by atoms with Gasteiger partial charge in [0.05, 0.1) is 0 Å². The Kier molecular flexibility index (Phi) is 7.74. The monoisotopic (exact) mass is 456 g/mol. The molecule has 2 aromatic carbocycles. The Hall–Kier alpha value is -2.93. The number of aryl methyl sites for hydroxylation is 1. The maximum Gasteiger partial charge on any atom is 0.339 e. The number of piperazine rings is 1. The molecule has 0 saturated carbocycles. The first-order valence-corrected chi connectivity index (χ1v) is 11.4. The summed E-state index contributed by atoms with van der Waals surface area (Å²) in [7, 11) is 0. The SMILES string of the molecule is Cc1ccc(C(C)C)c(OCC(=O)N2C[C@H](C)N(Cc3ccc(F)cc3)C[C@H]2C)c1C(=O)O. The Bertz CT molecular complexity index is 1010. The summed E-state index contributed by atoms with van der Waals surface area (Å²) in [5, 5.41) is 9.71. The number of ether oxygens (including phenoxy) is 1. The number of carboxylic acids is 1. The Morgan fingerprint density at radius 3 is 2.36 bits per heavy atom. The largest absolute Gasteiger partial charge is 0.483 e. The van der Waals surface area contributed by atoms with Crippen molar-refractivity contribution >= 4 is 11.9 Å². The van der Waals surface area contributed by atoms with Gasteiger partial charge in [-0.2, -0.15) is 0 Å². The summed E-state index contributed by atoms with van der Waals surface area (Å²) in [6.45, 7) is 11.4. The van der Waals surface area contributed by atoms with Gasteiger partial charge in [0.25, 0.3) is 5.91 Å². The molecule has 0 unspecified atom stereocenters. The molecule has 178 valence electrons. The quantitative estimate of drug-likeness (QED) is 0.666. The van der Waals surface area contributed by atoms with E-state index < -0.39 is 5.97 Å². The van der Waals surface area contributed by atoms with Gasteiger partial charge in [-0.15, -0.1) is 0 Å². The number of amides is 1. The number of halogens is 1. The minimum atomic E-state index is -1.06. The Morgan fingerprint density at radius 1 is 1.09 bits per heavy atom. The number of nitrogens with zero attached hydrogens (tertiary/aromatic N) is 2.